The zero-order valence-electron chi connectivity index (χ0n) is 12.3. The standard InChI is InChI=1S/C15H13F4N3OS/c16-10-3-1-7(15(17,18)19)5-9(10)13(23)22-14-21-11-4-2-8(20)6-12(11)24-14/h1,3,5,8H,2,4,6,20H2,(H,21,22,23)/t8-/m0/s1. The molecule has 0 unspecified atom stereocenters. The first-order valence-corrected chi connectivity index (χ1v) is 7.98. The van der Waals surface area contributed by atoms with E-state index in [0.717, 1.165) is 17.0 Å². The molecular weight excluding hydrogens is 346 g/mol. The Hall–Kier alpha value is -2.00. The van der Waals surface area contributed by atoms with Crippen LogP contribution in [0, 0.1) is 5.82 Å². The number of amides is 1. The summed E-state index contributed by atoms with van der Waals surface area (Å²) in [5.41, 5.74) is 4.93. The van der Waals surface area contributed by atoms with Crippen LogP contribution in [0.5, 0.6) is 0 Å². The molecule has 1 heterocycles. The third-order valence-corrected chi connectivity index (χ3v) is 4.77. The molecule has 9 heteroatoms. The van der Waals surface area contributed by atoms with Crippen LogP contribution >= 0.6 is 11.3 Å². The monoisotopic (exact) mass is 359 g/mol. The first kappa shape index (κ1) is 16.8. The maximum Gasteiger partial charge on any atom is 0.416 e. The summed E-state index contributed by atoms with van der Waals surface area (Å²) >= 11 is 1.21. The predicted octanol–water partition coefficient (Wildman–Crippen LogP) is 3.37. The Morgan fingerprint density at radius 1 is 1.38 bits per heavy atom. The van der Waals surface area contributed by atoms with Gasteiger partial charge in [-0.2, -0.15) is 13.2 Å². The first-order valence-electron chi connectivity index (χ1n) is 7.16. The minimum absolute atomic E-state index is 0.0300. The molecule has 1 aromatic carbocycles. The Morgan fingerprint density at radius 2 is 2.12 bits per heavy atom. The van der Waals surface area contributed by atoms with E-state index < -0.39 is 29.0 Å². The number of fused-ring (bicyclic) bond motifs is 1. The van der Waals surface area contributed by atoms with Gasteiger partial charge in [-0.1, -0.05) is 0 Å². The fourth-order valence-electron chi connectivity index (χ4n) is 2.49. The van der Waals surface area contributed by atoms with Crippen LogP contribution in [0.1, 0.15) is 32.9 Å². The minimum Gasteiger partial charge on any atom is -0.327 e. The highest BCUT2D eigenvalue weighted by Gasteiger charge is 2.32. The zero-order chi connectivity index (χ0) is 17.5. The minimum atomic E-state index is -4.65. The van der Waals surface area contributed by atoms with E-state index in [1.54, 1.807) is 0 Å². The molecule has 2 aromatic rings. The number of alkyl halides is 3. The van der Waals surface area contributed by atoms with Crippen molar-refractivity contribution >= 4 is 22.4 Å². The number of carbonyl (C=O) groups excluding carboxylic acids is 1. The predicted molar refractivity (Wildman–Crippen MR) is 81.5 cm³/mol. The van der Waals surface area contributed by atoms with Crippen molar-refractivity contribution < 1.29 is 22.4 Å². The van der Waals surface area contributed by atoms with E-state index in [1.807, 2.05) is 0 Å². The molecule has 1 aliphatic carbocycles. The molecular formula is C15H13F4N3OS. The Morgan fingerprint density at radius 3 is 2.83 bits per heavy atom. The van der Waals surface area contributed by atoms with Gasteiger partial charge in [0.1, 0.15) is 5.82 Å². The SMILES string of the molecule is N[C@H]1CCc2nc(NC(=O)c3cc(C(F)(F)F)ccc3F)sc2C1. The molecule has 0 fully saturated rings. The van der Waals surface area contributed by atoms with Crippen LogP contribution in [0.2, 0.25) is 0 Å². The van der Waals surface area contributed by atoms with E-state index in [0.29, 0.717) is 31.0 Å². The van der Waals surface area contributed by atoms with Gasteiger partial charge in [-0.25, -0.2) is 9.37 Å². The molecule has 4 nitrogen and oxygen atoms in total. The van der Waals surface area contributed by atoms with Crippen LogP contribution in [0.15, 0.2) is 18.2 Å². The topological polar surface area (TPSA) is 68.0 Å². The van der Waals surface area contributed by atoms with Crippen LogP contribution in [0.3, 0.4) is 0 Å². The number of carbonyl (C=O) groups is 1. The number of hydrogen-bond acceptors (Lipinski definition) is 4. The molecule has 0 saturated heterocycles. The van der Waals surface area contributed by atoms with Gasteiger partial charge in [0.2, 0.25) is 0 Å². The summed E-state index contributed by atoms with van der Waals surface area (Å²) < 4.78 is 51.8. The van der Waals surface area contributed by atoms with Gasteiger partial charge in [0.05, 0.1) is 16.8 Å². The Labute approximate surface area is 138 Å². The van der Waals surface area contributed by atoms with Gasteiger partial charge in [0.15, 0.2) is 5.13 Å². The highest BCUT2D eigenvalue weighted by molar-refractivity contribution is 7.15. The quantitative estimate of drug-likeness (QED) is 0.808. The summed E-state index contributed by atoms with van der Waals surface area (Å²) in [6.07, 6.45) is -2.55. The zero-order valence-corrected chi connectivity index (χ0v) is 13.1. The summed E-state index contributed by atoms with van der Waals surface area (Å²) in [6, 6.07) is 1.75. The number of thiazole rings is 1. The Balaban J connectivity index is 1.83. The third-order valence-electron chi connectivity index (χ3n) is 3.74. The van der Waals surface area contributed by atoms with E-state index in [4.69, 9.17) is 5.73 Å². The van der Waals surface area contributed by atoms with Gasteiger partial charge < -0.3 is 5.73 Å². The van der Waals surface area contributed by atoms with Crippen LogP contribution in [-0.4, -0.2) is 16.9 Å². The number of aryl methyl sites for hydroxylation is 1. The van der Waals surface area contributed by atoms with Crippen molar-refractivity contribution in [3.05, 3.63) is 45.7 Å². The van der Waals surface area contributed by atoms with Crippen molar-refractivity contribution in [1.82, 2.24) is 4.98 Å². The number of benzene rings is 1. The number of nitrogens with zero attached hydrogens (tertiary/aromatic N) is 1. The Bertz CT molecular complexity index is 788. The molecule has 0 spiro atoms. The van der Waals surface area contributed by atoms with Crippen molar-refractivity contribution in [2.45, 2.75) is 31.5 Å². The molecule has 24 heavy (non-hydrogen) atoms. The second-order valence-corrected chi connectivity index (χ2v) is 6.62. The third kappa shape index (κ3) is 3.41. The normalized spacial score (nSPS) is 17.5. The molecule has 1 atom stereocenters. The van der Waals surface area contributed by atoms with Crippen molar-refractivity contribution in [1.29, 1.82) is 0 Å². The highest BCUT2D eigenvalue weighted by atomic mass is 32.1. The lowest BCUT2D eigenvalue weighted by Crippen LogP contribution is -2.27. The average molecular weight is 359 g/mol. The summed E-state index contributed by atoms with van der Waals surface area (Å²) in [6.45, 7) is 0. The van der Waals surface area contributed by atoms with Crippen LogP contribution in [-0.2, 0) is 19.0 Å². The molecule has 0 saturated carbocycles. The summed E-state index contributed by atoms with van der Waals surface area (Å²) in [4.78, 5) is 17.3. The van der Waals surface area contributed by atoms with Crippen LogP contribution < -0.4 is 11.1 Å². The summed E-state index contributed by atoms with van der Waals surface area (Å²) in [7, 11) is 0. The maximum absolute atomic E-state index is 13.7. The largest absolute Gasteiger partial charge is 0.416 e. The number of nitrogens with one attached hydrogen (secondary N) is 1. The number of hydrogen-bond donors (Lipinski definition) is 2. The molecule has 128 valence electrons. The molecule has 1 aliphatic rings. The lowest BCUT2D eigenvalue weighted by molar-refractivity contribution is -0.137. The van der Waals surface area contributed by atoms with Gasteiger partial charge in [0, 0.05) is 10.9 Å². The van der Waals surface area contributed by atoms with Gasteiger partial charge in [-0.05, 0) is 37.5 Å². The average Bonchev–Trinajstić information content (AvgIpc) is 2.87. The van der Waals surface area contributed by atoms with Gasteiger partial charge in [-0.3, -0.25) is 10.1 Å². The van der Waals surface area contributed by atoms with Gasteiger partial charge in [-0.15, -0.1) is 11.3 Å². The van der Waals surface area contributed by atoms with E-state index in [-0.39, 0.29) is 11.2 Å². The van der Waals surface area contributed by atoms with E-state index in [9.17, 15) is 22.4 Å². The number of rotatable bonds is 2. The van der Waals surface area contributed by atoms with E-state index >= 15 is 0 Å². The molecule has 0 aliphatic heterocycles. The van der Waals surface area contributed by atoms with Crippen molar-refractivity contribution in [3.63, 3.8) is 0 Å². The highest BCUT2D eigenvalue weighted by Crippen LogP contribution is 2.32. The molecule has 3 N–H and O–H groups in total. The lowest BCUT2D eigenvalue weighted by atomic mass is 9.99. The molecule has 0 bridgehead atoms. The molecule has 1 amide bonds. The van der Waals surface area contributed by atoms with Gasteiger partial charge in [0.25, 0.3) is 5.91 Å². The van der Waals surface area contributed by atoms with E-state index in [1.165, 1.54) is 11.3 Å². The number of halogens is 4. The van der Waals surface area contributed by atoms with Gasteiger partial charge >= 0.3 is 6.18 Å². The molecule has 0 radical (unpaired) electrons. The smallest absolute Gasteiger partial charge is 0.327 e. The number of aromatic nitrogens is 1. The second-order valence-electron chi connectivity index (χ2n) is 5.54. The summed E-state index contributed by atoms with van der Waals surface area (Å²) in [5, 5.41) is 2.60. The number of anilines is 1. The first-order chi connectivity index (χ1) is 11.2. The fourth-order valence-corrected chi connectivity index (χ4v) is 3.59. The number of nitrogens with two attached hydrogens (primary N) is 1. The second kappa shape index (κ2) is 6.14. The summed E-state index contributed by atoms with van der Waals surface area (Å²) in [5.74, 6) is -1.99. The van der Waals surface area contributed by atoms with Crippen molar-refractivity contribution in [3.8, 4) is 0 Å². The van der Waals surface area contributed by atoms with Crippen molar-refractivity contribution in [2.75, 3.05) is 5.32 Å². The fraction of sp³-hybridized carbons (Fsp3) is 0.333. The van der Waals surface area contributed by atoms with Crippen molar-refractivity contribution in [2.24, 2.45) is 5.73 Å². The maximum atomic E-state index is 13.7. The van der Waals surface area contributed by atoms with Crippen LogP contribution in [0.4, 0.5) is 22.7 Å². The molecule has 3 rings (SSSR count). The van der Waals surface area contributed by atoms with E-state index in [2.05, 4.69) is 10.3 Å². The molecule has 1 aromatic heterocycles. The lowest BCUT2D eigenvalue weighted by Gasteiger charge is -2.15. The Kier molecular flexibility index (Phi) is 4.31. The van der Waals surface area contributed by atoms with Crippen LogP contribution in [0.25, 0.3) is 0 Å².